The number of aryl methyl sites for hydroxylation is 2. The van der Waals surface area contributed by atoms with Crippen molar-refractivity contribution in [1.29, 1.82) is 0 Å². The number of nitrogens with one attached hydrogen (secondary N) is 1. The van der Waals surface area contributed by atoms with Crippen LogP contribution >= 0.6 is 11.3 Å². The van der Waals surface area contributed by atoms with E-state index in [1.165, 1.54) is 0 Å². The molecule has 0 fully saturated rings. The smallest absolute Gasteiger partial charge is 0.228 e. The second-order valence-electron chi connectivity index (χ2n) is 6.07. The van der Waals surface area contributed by atoms with Crippen molar-refractivity contribution in [2.24, 2.45) is 0 Å². The van der Waals surface area contributed by atoms with E-state index in [0.29, 0.717) is 12.5 Å². The van der Waals surface area contributed by atoms with E-state index < -0.39 is 0 Å². The van der Waals surface area contributed by atoms with E-state index in [9.17, 15) is 4.79 Å². The first-order valence-electron chi connectivity index (χ1n) is 7.78. The van der Waals surface area contributed by atoms with Crippen LogP contribution in [-0.4, -0.2) is 50.7 Å². The molecule has 1 atom stereocenters. The molecule has 0 bridgehead atoms. The van der Waals surface area contributed by atoms with Crippen molar-refractivity contribution in [1.82, 2.24) is 30.0 Å². The van der Waals surface area contributed by atoms with E-state index in [1.54, 1.807) is 30.3 Å². The van der Waals surface area contributed by atoms with Crippen LogP contribution < -0.4 is 5.32 Å². The average molecular weight is 334 g/mol. The van der Waals surface area contributed by atoms with Crippen molar-refractivity contribution in [3.05, 3.63) is 27.7 Å². The van der Waals surface area contributed by atoms with Gasteiger partial charge >= 0.3 is 0 Å². The minimum absolute atomic E-state index is 0.0835. The number of hydrogen-bond donors (Lipinski definition) is 1. The number of aromatic nitrogens is 4. The number of nitrogens with zero attached hydrogens (tertiary/aromatic N) is 5. The maximum absolute atomic E-state index is 11.7. The zero-order chi connectivity index (χ0) is 16.4. The molecule has 0 spiro atoms. The summed E-state index contributed by atoms with van der Waals surface area (Å²) in [6, 6.07) is 0.386. The highest BCUT2D eigenvalue weighted by atomic mass is 32.1. The molecule has 2 aromatic heterocycles. The Labute approximate surface area is 139 Å². The lowest BCUT2D eigenvalue weighted by Crippen LogP contribution is -2.37. The fourth-order valence-electron chi connectivity index (χ4n) is 2.65. The Balaban J connectivity index is 1.51. The number of likely N-dealkylation sites (N-methyl/N-ethyl adjacent to an activating group) is 1. The molecule has 7 nitrogen and oxygen atoms in total. The molecule has 8 heteroatoms. The lowest BCUT2D eigenvalue weighted by molar-refractivity contribution is -0.127. The van der Waals surface area contributed by atoms with Gasteiger partial charge in [-0.2, -0.15) is 5.10 Å². The summed E-state index contributed by atoms with van der Waals surface area (Å²) >= 11 is 1.55. The number of rotatable bonds is 5. The molecule has 2 aromatic rings. The molecule has 0 saturated carbocycles. The van der Waals surface area contributed by atoms with E-state index in [0.717, 1.165) is 48.3 Å². The summed E-state index contributed by atoms with van der Waals surface area (Å²) in [6.07, 6.45) is 2.40. The van der Waals surface area contributed by atoms with Crippen molar-refractivity contribution in [2.45, 2.75) is 45.3 Å². The van der Waals surface area contributed by atoms with Crippen molar-refractivity contribution in [3.63, 3.8) is 0 Å². The summed E-state index contributed by atoms with van der Waals surface area (Å²) in [5.41, 5.74) is 0.997. The van der Waals surface area contributed by atoms with Crippen LogP contribution in [0.25, 0.3) is 0 Å². The number of fused-ring (bicyclic) bond motifs is 1. The Hall–Kier alpha value is -1.80. The molecular formula is C15H22N6OS. The molecule has 3 heterocycles. The lowest BCUT2D eigenvalue weighted by Gasteiger charge is -2.23. The van der Waals surface area contributed by atoms with Gasteiger partial charge in [-0.25, -0.2) is 14.6 Å². The van der Waals surface area contributed by atoms with Gasteiger partial charge in [0.1, 0.15) is 16.7 Å². The Morgan fingerprint density at radius 2 is 2.30 bits per heavy atom. The number of amides is 1. The monoisotopic (exact) mass is 334 g/mol. The maximum atomic E-state index is 11.7. The highest BCUT2D eigenvalue weighted by Gasteiger charge is 2.20. The van der Waals surface area contributed by atoms with Gasteiger partial charge < -0.3 is 10.2 Å². The van der Waals surface area contributed by atoms with E-state index in [4.69, 9.17) is 0 Å². The lowest BCUT2D eigenvalue weighted by atomic mass is 10.1. The van der Waals surface area contributed by atoms with Crippen LogP contribution in [0, 0.1) is 6.92 Å². The van der Waals surface area contributed by atoms with Crippen LogP contribution in [0.15, 0.2) is 5.38 Å². The van der Waals surface area contributed by atoms with Crippen LogP contribution in [0.4, 0.5) is 0 Å². The van der Waals surface area contributed by atoms with Crippen LogP contribution in [0.3, 0.4) is 0 Å². The van der Waals surface area contributed by atoms with Gasteiger partial charge in [0, 0.05) is 38.5 Å². The molecule has 1 N–H and O–H groups in total. The molecule has 0 saturated heterocycles. The van der Waals surface area contributed by atoms with Crippen LogP contribution in [0.1, 0.15) is 28.8 Å². The van der Waals surface area contributed by atoms with E-state index in [2.05, 4.69) is 20.4 Å². The third-order valence-electron chi connectivity index (χ3n) is 3.94. The SMILES string of the molecule is Cc1nc2n(n1)C[C@@H](NCc1csc(CC(=O)N(C)C)n1)CC2. The largest absolute Gasteiger partial charge is 0.348 e. The molecule has 0 radical (unpaired) electrons. The second-order valence-corrected chi connectivity index (χ2v) is 7.01. The fraction of sp³-hybridized carbons (Fsp3) is 0.600. The highest BCUT2D eigenvalue weighted by Crippen LogP contribution is 2.15. The third kappa shape index (κ3) is 3.94. The maximum Gasteiger partial charge on any atom is 0.228 e. The standard InChI is InChI=1S/C15H22N6OS/c1-10-17-13-5-4-11(8-21(13)19-10)16-7-12-9-23-14(18-12)6-15(22)20(2)3/h9,11,16H,4-8H2,1-3H3/t11-/m0/s1. The highest BCUT2D eigenvalue weighted by molar-refractivity contribution is 7.09. The first-order valence-corrected chi connectivity index (χ1v) is 8.66. The van der Waals surface area contributed by atoms with Gasteiger partial charge in [0.2, 0.25) is 5.91 Å². The van der Waals surface area contributed by atoms with Crippen molar-refractivity contribution in [2.75, 3.05) is 14.1 Å². The number of thiazole rings is 1. The normalized spacial score (nSPS) is 17.1. The van der Waals surface area contributed by atoms with Crippen molar-refractivity contribution >= 4 is 17.2 Å². The zero-order valence-corrected chi connectivity index (χ0v) is 14.6. The van der Waals surface area contributed by atoms with Gasteiger partial charge in [-0.3, -0.25) is 4.79 Å². The molecule has 1 aliphatic rings. The predicted molar refractivity (Wildman–Crippen MR) is 88.2 cm³/mol. The van der Waals surface area contributed by atoms with Gasteiger partial charge in [-0.1, -0.05) is 0 Å². The third-order valence-corrected chi connectivity index (χ3v) is 4.83. The van der Waals surface area contributed by atoms with Gasteiger partial charge in [-0.05, 0) is 13.3 Å². The minimum Gasteiger partial charge on any atom is -0.348 e. The zero-order valence-electron chi connectivity index (χ0n) is 13.7. The molecule has 1 amide bonds. The van der Waals surface area contributed by atoms with Crippen LogP contribution in [-0.2, 0) is 30.7 Å². The predicted octanol–water partition coefficient (Wildman–Crippen LogP) is 0.778. The Bertz CT molecular complexity index is 692. The van der Waals surface area contributed by atoms with Gasteiger partial charge in [0.05, 0.1) is 18.7 Å². The van der Waals surface area contributed by atoms with Crippen molar-refractivity contribution in [3.8, 4) is 0 Å². The molecule has 23 heavy (non-hydrogen) atoms. The van der Waals surface area contributed by atoms with E-state index >= 15 is 0 Å². The second kappa shape index (κ2) is 6.76. The van der Waals surface area contributed by atoms with Crippen molar-refractivity contribution < 1.29 is 4.79 Å². The first-order chi connectivity index (χ1) is 11.0. The number of hydrogen-bond acceptors (Lipinski definition) is 6. The van der Waals surface area contributed by atoms with Crippen LogP contribution in [0.2, 0.25) is 0 Å². The average Bonchev–Trinajstić information content (AvgIpc) is 3.09. The topological polar surface area (TPSA) is 75.9 Å². The van der Waals surface area contributed by atoms with E-state index in [-0.39, 0.29) is 5.91 Å². The summed E-state index contributed by atoms with van der Waals surface area (Å²) in [5.74, 6) is 2.01. The Kier molecular flexibility index (Phi) is 4.72. The number of carbonyl (C=O) groups excluding carboxylic acids is 1. The molecule has 1 aliphatic heterocycles. The summed E-state index contributed by atoms with van der Waals surface area (Å²) in [7, 11) is 3.53. The quantitative estimate of drug-likeness (QED) is 0.874. The molecule has 0 aliphatic carbocycles. The Morgan fingerprint density at radius 3 is 3.09 bits per heavy atom. The summed E-state index contributed by atoms with van der Waals surface area (Å²) in [5, 5.41) is 10.9. The van der Waals surface area contributed by atoms with E-state index in [1.807, 2.05) is 17.0 Å². The molecule has 0 unspecified atom stereocenters. The van der Waals surface area contributed by atoms with Gasteiger partial charge in [-0.15, -0.1) is 11.3 Å². The molecule has 0 aromatic carbocycles. The summed E-state index contributed by atoms with van der Waals surface area (Å²) < 4.78 is 2.00. The summed E-state index contributed by atoms with van der Waals surface area (Å²) in [4.78, 5) is 22.3. The summed E-state index contributed by atoms with van der Waals surface area (Å²) in [6.45, 7) is 3.51. The first kappa shape index (κ1) is 16.1. The Morgan fingerprint density at radius 1 is 1.48 bits per heavy atom. The molecular weight excluding hydrogens is 312 g/mol. The molecule has 124 valence electrons. The number of carbonyl (C=O) groups is 1. The van der Waals surface area contributed by atoms with Gasteiger partial charge in [0.25, 0.3) is 0 Å². The molecule has 3 rings (SSSR count). The van der Waals surface area contributed by atoms with Gasteiger partial charge in [0.15, 0.2) is 0 Å². The van der Waals surface area contributed by atoms with Crippen LogP contribution in [0.5, 0.6) is 0 Å². The minimum atomic E-state index is 0.0835. The fourth-order valence-corrected chi connectivity index (χ4v) is 3.43.